The fraction of sp³-hybridized carbons (Fsp3) is 0.381. The Morgan fingerprint density at radius 2 is 1.68 bits per heavy atom. The molecule has 0 aliphatic heterocycles. The highest BCUT2D eigenvalue weighted by Crippen LogP contribution is 2.32. The van der Waals surface area contributed by atoms with Gasteiger partial charge in [-0.25, -0.2) is 13.2 Å². The molecule has 0 spiro atoms. The molecule has 2 aromatic carbocycles. The summed E-state index contributed by atoms with van der Waals surface area (Å²) in [7, 11) is -3.67. The number of unbranched alkanes of at least 4 members (excludes halogenated alkanes) is 5. The fourth-order valence-corrected chi connectivity index (χ4v) is 4.18. The van der Waals surface area contributed by atoms with Crippen LogP contribution in [-0.4, -0.2) is 30.4 Å². The van der Waals surface area contributed by atoms with Gasteiger partial charge >= 0.3 is 5.97 Å². The van der Waals surface area contributed by atoms with Crippen LogP contribution >= 0.6 is 0 Å². The van der Waals surface area contributed by atoms with Gasteiger partial charge in [-0.05, 0) is 30.2 Å². The Kier molecular flexibility index (Phi) is 7.87. The van der Waals surface area contributed by atoms with E-state index in [0.717, 1.165) is 32.1 Å². The molecule has 2 aromatic rings. The minimum atomic E-state index is -3.67. The molecule has 0 aliphatic carbocycles. The summed E-state index contributed by atoms with van der Waals surface area (Å²) in [6.07, 6.45) is 5.71. The highest BCUT2D eigenvalue weighted by Gasteiger charge is 2.18. The number of para-hydroxylation sites is 1. The summed E-state index contributed by atoms with van der Waals surface area (Å²) < 4.78 is 27.3. The van der Waals surface area contributed by atoms with Crippen molar-refractivity contribution < 1.29 is 23.4 Å². The molecular weight excluding hydrogens is 378 g/mol. The number of carbonyl (C=O) groups is 1. The first kappa shape index (κ1) is 21.8. The second kappa shape index (κ2) is 10.1. The van der Waals surface area contributed by atoms with E-state index in [1.807, 2.05) is 0 Å². The first-order chi connectivity index (χ1) is 13.3. The molecule has 0 aliphatic rings. The van der Waals surface area contributed by atoms with Crippen LogP contribution < -0.4 is 4.72 Å². The number of sulfonamides is 1. The maximum Gasteiger partial charge on any atom is 0.337 e. The summed E-state index contributed by atoms with van der Waals surface area (Å²) in [4.78, 5) is 11.5. The first-order valence-corrected chi connectivity index (χ1v) is 11.2. The molecule has 0 bridgehead atoms. The van der Waals surface area contributed by atoms with E-state index in [1.165, 1.54) is 18.2 Å². The Labute approximate surface area is 166 Å². The summed E-state index contributed by atoms with van der Waals surface area (Å²) in [6, 6.07) is 10.9. The molecule has 0 radical (unpaired) electrons. The number of benzene rings is 2. The largest absolute Gasteiger partial charge is 0.507 e. The highest BCUT2D eigenvalue weighted by molar-refractivity contribution is 7.92. The number of carboxylic acids is 1. The van der Waals surface area contributed by atoms with Gasteiger partial charge in [0.1, 0.15) is 5.75 Å². The quantitative estimate of drug-likeness (QED) is 0.463. The molecule has 0 aromatic heterocycles. The van der Waals surface area contributed by atoms with Crippen molar-refractivity contribution in [2.75, 3.05) is 10.5 Å². The van der Waals surface area contributed by atoms with E-state index in [2.05, 4.69) is 11.6 Å². The lowest BCUT2D eigenvalue weighted by Gasteiger charge is -2.13. The van der Waals surface area contributed by atoms with Crippen LogP contribution in [0.3, 0.4) is 0 Å². The summed E-state index contributed by atoms with van der Waals surface area (Å²) >= 11 is 0. The van der Waals surface area contributed by atoms with Crippen molar-refractivity contribution in [2.45, 2.75) is 45.4 Å². The normalized spacial score (nSPS) is 11.3. The molecule has 28 heavy (non-hydrogen) atoms. The molecule has 0 saturated carbocycles. The Bertz CT molecular complexity index is 909. The van der Waals surface area contributed by atoms with Crippen LogP contribution in [0, 0.1) is 0 Å². The summed E-state index contributed by atoms with van der Waals surface area (Å²) in [6.45, 7) is 2.12. The van der Waals surface area contributed by atoms with E-state index in [1.54, 1.807) is 24.3 Å². The average molecular weight is 406 g/mol. The van der Waals surface area contributed by atoms with Crippen LogP contribution in [0.1, 0.15) is 55.8 Å². The van der Waals surface area contributed by atoms with Gasteiger partial charge in [-0.3, -0.25) is 4.72 Å². The van der Waals surface area contributed by atoms with Gasteiger partial charge < -0.3 is 10.2 Å². The van der Waals surface area contributed by atoms with Crippen LogP contribution in [0.5, 0.6) is 5.75 Å². The number of aromatic carboxylic acids is 1. The van der Waals surface area contributed by atoms with E-state index in [9.17, 15) is 23.4 Å². The summed E-state index contributed by atoms with van der Waals surface area (Å²) in [5.41, 5.74) is 0.890. The molecule has 0 saturated heterocycles. The highest BCUT2D eigenvalue weighted by atomic mass is 32.2. The molecule has 6 nitrogen and oxygen atoms in total. The van der Waals surface area contributed by atoms with E-state index in [-0.39, 0.29) is 22.8 Å². The van der Waals surface area contributed by atoms with Crippen molar-refractivity contribution >= 4 is 21.7 Å². The maximum atomic E-state index is 12.4. The number of hydrogen-bond donors (Lipinski definition) is 3. The Morgan fingerprint density at radius 1 is 1.00 bits per heavy atom. The Morgan fingerprint density at radius 3 is 2.36 bits per heavy atom. The molecule has 7 heteroatoms. The number of hydrogen-bond acceptors (Lipinski definition) is 4. The minimum absolute atomic E-state index is 0.000707. The number of aromatic hydroxyl groups is 1. The fourth-order valence-electron chi connectivity index (χ4n) is 2.99. The van der Waals surface area contributed by atoms with E-state index in [4.69, 9.17) is 0 Å². The molecule has 0 unspecified atom stereocenters. The lowest BCUT2D eigenvalue weighted by atomic mass is 10.0. The van der Waals surface area contributed by atoms with Crippen LogP contribution in [-0.2, 0) is 10.0 Å². The van der Waals surface area contributed by atoms with Crippen molar-refractivity contribution in [3.05, 3.63) is 48.0 Å². The summed E-state index contributed by atoms with van der Waals surface area (Å²) in [5, 5.41) is 19.4. The van der Waals surface area contributed by atoms with Crippen molar-refractivity contribution in [1.29, 1.82) is 0 Å². The van der Waals surface area contributed by atoms with Gasteiger partial charge in [0.05, 0.1) is 17.0 Å². The van der Waals surface area contributed by atoms with Crippen molar-refractivity contribution in [3.63, 3.8) is 0 Å². The van der Waals surface area contributed by atoms with Gasteiger partial charge in [-0.15, -0.1) is 0 Å². The van der Waals surface area contributed by atoms with Gasteiger partial charge in [0.15, 0.2) is 0 Å². The molecule has 0 fully saturated rings. The number of rotatable bonds is 11. The average Bonchev–Trinajstić information content (AvgIpc) is 2.64. The molecule has 0 atom stereocenters. The number of phenols is 1. The molecule has 0 heterocycles. The van der Waals surface area contributed by atoms with E-state index >= 15 is 0 Å². The molecule has 2 rings (SSSR count). The topological polar surface area (TPSA) is 104 Å². The maximum absolute atomic E-state index is 12.4. The molecule has 152 valence electrons. The van der Waals surface area contributed by atoms with E-state index < -0.39 is 16.0 Å². The zero-order chi connectivity index (χ0) is 20.6. The number of carboxylic acid groups (broad SMARTS) is 1. The third kappa shape index (κ3) is 6.27. The lowest BCUT2D eigenvalue weighted by molar-refractivity contribution is 0.0698. The third-order valence-corrected chi connectivity index (χ3v) is 5.85. The van der Waals surface area contributed by atoms with Crippen molar-refractivity contribution in [3.8, 4) is 16.9 Å². The Balaban J connectivity index is 2.17. The number of phenolic OH excluding ortho intramolecular Hbond substituents is 1. The predicted octanol–water partition coefficient (Wildman–Crippen LogP) is 4.86. The van der Waals surface area contributed by atoms with Crippen LogP contribution in [0.15, 0.2) is 42.5 Å². The zero-order valence-corrected chi connectivity index (χ0v) is 16.8. The van der Waals surface area contributed by atoms with Crippen LogP contribution in [0.4, 0.5) is 5.69 Å². The number of nitrogens with one attached hydrogen (secondary N) is 1. The summed E-state index contributed by atoms with van der Waals surface area (Å²) in [5.74, 6) is -1.24. The second-order valence-electron chi connectivity index (χ2n) is 6.77. The van der Waals surface area contributed by atoms with E-state index in [0.29, 0.717) is 17.5 Å². The smallest absolute Gasteiger partial charge is 0.337 e. The van der Waals surface area contributed by atoms with Gasteiger partial charge in [0.25, 0.3) is 0 Å². The van der Waals surface area contributed by atoms with Gasteiger partial charge in [0, 0.05) is 5.56 Å². The molecular formula is C21H27NO5S. The van der Waals surface area contributed by atoms with Crippen molar-refractivity contribution in [2.24, 2.45) is 0 Å². The van der Waals surface area contributed by atoms with Crippen LogP contribution in [0.25, 0.3) is 11.1 Å². The van der Waals surface area contributed by atoms with Gasteiger partial charge in [-0.2, -0.15) is 0 Å². The SMILES string of the molecule is CCCCCCCCS(=O)(=O)Nc1cc(-c2ccccc2O)ccc1C(=O)O. The zero-order valence-electron chi connectivity index (χ0n) is 16.0. The first-order valence-electron chi connectivity index (χ1n) is 9.50. The van der Waals surface area contributed by atoms with Crippen molar-refractivity contribution in [1.82, 2.24) is 0 Å². The third-order valence-electron chi connectivity index (χ3n) is 4.50. The van der Waals surface area contributed by atoms with Gasteiger partial charge in [-0.1, -0.05) is 63.3 Å². The second-order valence-corrected chi connectivity index (χ2v) is 8.61. The molecule has 0 amide bonds. The van der Waals surface area contributed by atoms with Gasteiger partial charge in [0.2, 0.25) is 10.0 Å². The standard InChI is InChI=1S/C21H27NO5S/c1-2-3-4-5-6-9-14-28(26,27)22-19-15-16(12-13-18(19)21(24)25)17-10-7-8-11-20(17)23/h7-8,10-13,15,22-23H,2-6,9,14H2,1H3,(H,24,25). The number of anilines is 1. The van der Waals surface area contributed by atoms with Crippen LogP contribution in [0.2, 0.25) is 0 Å². The molecule has 3 N–H and O–H groups in total. The predicted molar refractivity (Wildman–Crippen MR) is 111 cm³/mol. The minimum Gasteiger partial charge on any atom is -0.507 e. The monoisotopic (exact) mass is 405 g/mol. The lowest BCUT2D eigenvalue weighted by Crippen LogP contribution is -2.18. The Hall–Kier alpha value is -2.54.